The maximum absolute atomic E-state index is 7.49. The van der Waals surface area contributed by atoms with Crippen LogP contribution in [0.4, 0.5) is 0 Å². The van der Waals surface area contributed by atoms with Crippen LogP contribution >= 0.6 is 0 Å². The molecule has 1 heterocycles. The predicted molar refractivity (Wildman–Crippen MR) is 69.2 cm³/mol. The Bertz CT molecular complexity index is 547. The Morgan fingerprint density at radius 1 is 1.39 bits per heavy atom. The molecule has 0 saturated carbocycles. The fourth-order valence-corrected chi connectivity index (χ4v) is 1.70. The quantitative estimate of drug-likeness (QED) is 0.617. The average Bonchev–Trinajstić information content (AvgIpc) is 2.76. The van der Waals surface area contributed by atoms with E-state index in [1.54, 1.807) is 6.20 Å². The Hall–Kier alpha value is -2.14. The van der Waals surface area contributed by atoms with Gasteiger partial charge in [0.15, 0.2) is 0 Å². The third-order valence-corrected chi connectivity index (χ3v) is 2.72. The zero-order chi connectivity index (χ0) is 13.0. The summed E-state index contributed by atoms with van der Waals surface area (Å²) >= 11 is 0. The first kappa shape index (κ1) is 12.3. The van der Waals surface area contributed by atoms with Gasteiger partial charge in [-0.2, -0.15) is 0 Å². The number of ether oxygens (including phenoxy) is 1. The van der Waals surface area contributed by atoms with Crippen LogP contribution in [0.2, 0.25) is 0 Å². The Balaban J connectivity index is 1.99. The highest BCUT2D eigenvalue weighted by Gasteiger charge is 2.05. The number of nitrogen functional groups attached to an aromatic ring is 1. The molecule has 3 N–H and O–H groups in total. The number of hydrogen-bond acceptors (Lipinski definition) is 3. The molecule has 0 atom stereocenters. The van der Waals surface area contributed by atoms with Gasteiger partial charge in [-0.25, -0.2) is 4.98 Å². The number of hydrogen-bond donors (Lipinski definition) is 2. The van der Waals surface area contributed by atoms with Crippen molar-refractivity contribution in [2.45, 2.75) is 13.2 Å². The summed E-state index contributed by atoms with van der Waals surface area (Å²) in [4.78, 5) is 4.18. The van der Waals surface area contributed by atoms with E-state index < -0.39 is 0 Å². The molecule has 18 heavy (non-hydrogen) atoms. The largest absolute Gasteiger partial charge is 0.384 e. The summed E-state index contributed by atoms with van der Waals surface area (Å²) in [6.07, 6.45) is 3.62. The number of benzene rings is 1. The van der Waals surface area contributed by atoms with Gasteiger partial charge in [-0.05, 0) is 5.56 Å². The lowest BCUT2D eigenvalue weighted by atomic mass is 10.1. The third kappa shape index (κ3) is 2.75. The van der Waals surface area contributed by atoms with Crippen LogP contribution in [0.15, 0.2) is 36.7 Å². The molecule has 0 fully saturated rings. The van der Waals surface area contributed by atoms with Crippen LogP contribution in [0.5, 0.6) is 0 Å². The molecule has 0 bridgehead atoms. The fraction of sp³-hybridized carbons (Fsp3) is 0.231. The molecule has 1 aromatic carbocycles. The molecule has 2 rings (SSSR count). The van der Waals surface area contributed by atoms with Gasteiger partial charge < -0.3 is 15.0 Å². The van der Waals surface area contributed by atoms with E-state index in [9.17, 15) is 0 Å². The molecule has 0 aliphatic carbocycles. The van der Waals surface area contributed by atoms with Crippen LogP contribution in [-0.4, -0.2) is 15.4 Å². The lowest BCUT2D eigenvalue weighted by Crippen LogP contribution is -2.14. The van der Waals surface area contributed by atoms with Crippen molar-refractivity contribution in [1.29, 1.82) is 5.41 Å². The second kappa shape index (κ2) is 5.46. The molecule has 0 unspecified atom stereocenters. The van der Waals surface area contributed by atoms with Crippen molar-refractivity contribution in [3.63, 3.8) is 0 Å². The van der Waals surface area contributed by atoms with E-state index >= 15 is 0 Å². The van der Waals surface area contributed by atoms with Crippen molar-refractivity contribution in [2.24, 2.45) is 12.8 Å². The summed E-state index contributed by atoms with van der Waals surface area (Å²) in [5.41, 5.74) is 7.15. The van der Waals surface area contributed by atoms with Crippen LogP contribution in [0.1, 0.15) is 17.0 Å². The van der Waals surface area contributed by atoms with Crippen molar-refractivity contribution < 1.29 is 4.74 Å². The topological polar surface area (TPSA) is 76.9 Å². The average molecular weight is 244 g/mol. The number of aryl methyl sites for hydroxylation is 1. The second-order valence-corrected chi connectivity index (χ2v) is 4.02. The van der Waals surface area contributed by atoms with Crippen LogP contribution in [0, 0.1) is 5.41 Å². The van der Waals surface area contributed by atoms with Crippen molar-refractivity contribution >= 4 is 5.84 Å². The molecule has 0 saturated heterocycles. The maximum Gasteiger partial charge on any atom is 0.134 e. The number of imidazole rings is 1. The summed E-state index contributed by atoms with van der Waals surface area (Å²) in [5.74, 6) is 0.932. The molecule has 0 aliphatic heterocycles. The van der Waals surface area contributed by atoms with Gasteiger partial charge in [0.05, 0.1) is 6.61 Å². The van der Waals surface area contributed by atoms with Crippen LogP contribution in [-0.2, 0) is 25.0 Å². The van der Waals surface area contributed by atoms with Crippen molar-refractivity contribution in [3.8, 4) is 0 Å². The highest BCUT2D eigenvalue weighted by Crippen LogP contribution is 2.10. The van der Waals surface area contributed by atoms with Gasteiger partial charge in [0, 0.05) is 25.0 Å². The number of nitrogens with zero attached hydrogens (tertiary/aromatic N) is 2. The first-order valence-electron chi connectivity index (χ1n) is 5.64. The Morgan fingerprint density at radius 2 is 2.17 bits per heavy atom. The summed E-state index contributed by atoms with van der Waals surface area (Å²) in [7, 11) is 1.93. The van der Waals surface area contributed by atoms with E-state index in [0.29, 0.717) is 13.2 Å². The summed E-state index contributed by atoms with van der Waals surface area (Å²) in [6, 6.07) is 7.50. The van der Waals surface area contributed by atoms with E-state index in [2.05, 4.69) is 4.98 Å². The fourth-order valence-electron chi connectivity index (χ4n) is 1.70. The molecule has 0 radical (unpaired) electrons. The Labute approximate surface area is 106 Å². The first-order chi connectivity index (χ1) is 8.68. The summed E-state index contributed by atoms with van der Waals surface area (Å²) in [6.45, 7) is 0.859. The Kier molecular flexibility index (Phi) is 3.74. The monoisotopic (exact) mass is 244 g/mol. The number of rotatable bonds is 5. The third-order valence-electron chi connectivity index (χ3n) is 2.72. The molecule has 94 valence electrons. The van der Waals surface area contributed by atoms with Crippen LogP contribution in [0.25, 0.3) is 0 Å². The van der Waals surface area contributed by atoms with Gasteiger partial charge in [0.2, 0.25) is 0 Å². The first-order valence-corrected chi connectivity index (χ1v) is 5.64. The molecular weight excluding hydrogens is 228 g/mol. The van der Waals surface area contributed by atoms with E-state index in [1.165, 1.54) is 0 Å². The van der Waals surface area contributed by atoms with Gasteiger partial charge in [-0.1, -0.05) is 24.3 Å². The van der Waals surface area contributed by atoms with Crippen LogP contribution in [0.3, 0.4) is 0 Å². The SMILES string of the molecule is Cn1ccnc1COCc1ccccc1C(=N)N. The van der Waals surface area contributed by atoms with E-state index in [-0.39, 0.29) is 5.84 Å². The zero-order valence-electron chi connectivity index (χ0n) is 10.3. The zero-order valence-corrected chi connectivity index (χ0v) is 10.3. The van der Waals surface area contributed by atoms with Gasteiger partial charge in [0.1, 0.15) is 18.3 Å². The molecule has 5 nitrogen and oxygen atoms in total. The minimum Gasteiger partial charge on any atom is -0.384 e. The molecular formula is C13H16N4O. The van der Waals surface area contributed by atoms with Crippen molar-refractivity contribution in [1.82, 2.24) is 9.55 Å². The van der Waals surface area contributed by atoms with Crippen molar-refractivity contribution in [2.75, 3.05) is 0 Å². The number of nitrogens with one attached hydrogen (secondary N) is 1. The minimum atomic E-state index is 0.0613. The summed E-state index contributed by atoms with van der Waals surface area (Å²) in [5, 5.41) is 7.49. The lowest BCUT2D eigenvalue weighted by molar-refractivity contribution is 0.0999. The molecule has 0 amide bonds. The molecule has 0 aliphatic rings. The van der Waals surface area contributed by atoms with Gasteiger partial charge in [-0.15, -0.1) is 0 Å². The maximum atomic E-state index is 7.49. The van der Waals surface area contributed by atoms with Crippen molar-refractivity contribution in [3.05, 3.63) is 53.6 Å². The molecule has 0 spiro atoms. The number of amidine groups is 1. The van der Waals surface area contributed by atoms with Crippen LogP contribution < -0.4 is 5.73 Å². The molecule has 2 aromatic rings. The minimum absolute atomic E-state index is 0.0613. The normalized spacial score (nSPS) is 10.5. The predicted octanol–water partition coefficient (Wildman–Crippen LogP) is 1.42. The van der Waals surface area contributed by atoms with Gasteiger partial charge in [-0.3, -0.25) is 5.41 Å². The van der Waals surface area contributed by atoms with E-state index in [4.69, 9.17) is 15.9 Å². The van der Waals surface area contributed by atoms with E-state index in [0.717, 1.165) is 17.0 Å². The summed E-state index contributed by atoms with van der Waals surface area (Å²) < 4.78 is 7.51. The highest BCUT2D eigenvalue weighted by molar-refractivity contribution is 5.96. The molecule has 5 heteroatoms. The highest BCUT2D eigenvalue weighted by atomic mass is 16.5. The smallest absolute Gasteiger partial charge is 0.134 e. The lowest BCUT2D eigenvalue weighted by Gasteiger charge is -2.08. The molecule has 1 aromatic heterocycles. The number of aromatic nitrogens is 2. The number of nitrogens with two attached hydrogens (primary N) is 1. The van der Waals surface area contributed by atoms with Gasteiger partial charge in [0.25, 0.3) is 0 Å². The van der Waals surface area contributed by atoms with E-state index in [1.807, 2.05) is 42.1 Å². The standard InChI is InChI=1S/C13H16N4O/c1-17-7-6-16-12(17)9-18-8-10-4-2-3-5-11(10)13(14)15/h2-7H,8-9H2,1H3,(H3,14,15). The van der Waals surface area contributed by atoms with Gasteiger partial charge >= 0.3 is 0 Å². The second-order valence-electron chi connectivity index (χ2n) is 4.02. The Morgan fingerprint density at radius 3 is 2.83 bits per heavy atom.